The Bertz CT molecular complexity index is 453. The van der Waals surface area contributed by atoms with Gasteiger partial charge in [-0.05, 0) is 24.1 Å². The van der Waals surface area contributed by atoms with Crippen molar-refractivity contribution in [1.82, 2.24) is 0 Å². The van der Waals surface area contributed by atoms with E-state index in [2.05, 4.69) is 6.08 Å². The molecule has 0 spiro atoms. The second-order valence-electron chi connectivity index (χ2n) is 4.40. The summed E-state index contributed by atoms with van der Waals surface area (Å²) < 4.78 is 4.82. The number of ether oxygens (including phenoxy) is 1. The van der Waals surface area contributed by atoms with Crippen molar-refractivity contribution in [3.8, 4) is 0 Å². The van der Waals surface area contributed by atoms with Gasteiger partial charge in [-0.2, -0.15) is 0 Å². The van der Waals surface area contributed by atoms with Gasteiger partial charge in [0.05, 0.1) is 31.9 Å². The van der Waals surface area contributed by atoms with Crippen LogP contribution in [-0.2, 0) is 14.4 Å². The number of benzene rings is 1. The molecule has 0 amide bonds. The summed E-state index contributed by atoms with van der Waals surface area (Å²) in [5.74, 6) is -0.381. The van der Waals surface area contributed by atoms with Crippen molar-refractivity contribution in [2.75, 3.05) is 25.3 Å². The monoisotopic (exact) mass is 261 g/mol. The molecular weight excluding hydrogens is 242 g/mol. The smallest absolute Gasteiger partial charge is 0.313 e. The summed E-state index contributed by atoms with van der Waals surface area (Å²) in [5.41, 5.74) is 1.97. The molecule has 2 rings (SSSR count). The predicted octanol–water partition coefficient (Wildman–Crippen LogP) is 2.66. The Morgan fingerprint density at radius 1 is 1.37 bits per heavy atom. The number of hydrogen-bond donors (Lipinski definition) is 0. The lowest BCUT2D eigenvalue weighted by Crippen LogP contribution is -2.26. The Labute approximate surface area is 113 Å². The highest BCUT2D eigenvalue weighted by Crippen LogP contribution is 2.24. The number of hydrogen-bond acceptors (Lipinski definition) is 4. The summed E-state index contributed by atoms with van der Waals surface area (Å²) in [7, 11) is 1.42. The van der Waals surface area contributed by atoms with Crippen LogP contribution >= 0.6 is 0 Å². The van der Waals surface area contributed by atoms with E-state index in [1.165, 1.54) is 7.11 Å². The zero-order valence-electron chi connectivity index (χ0n) is 11.3. The van der Waals surface area contributed by atoms with E-state index in [4.69, 9.17) is 9.57 Å². The normalized spacial score (nSPS) is 16.2. The Kier molecular flexibility index (Phi) is 4.58. The van der Waals surface area contributed by atoms with Crippen molar-refractivity contribution in [1.29, 1.82) is 0 Å². The third kappa shape index (κ3) is 3.15. The van der Waals surface area contributed by atoms with Gasteiger partial charge in [0.2, 0.25) is 0 Å². The van der Waals surface area contributed by atoms with Crippen LogP contribution in [-0.4, -0.2) is 26.2 Å². The van der Waals surface area contributed by atoms with E-state index in [1.54, 1.807) is 0 Å². The zero-order chi connectivity index (χ0) is 13.7. The molecule has 0 fully saturated rings. The number of nitrogens with zero attached hydrogens (tertiary/aromatic N) is 1. The number of esters is 1. The lowest BCUT2D eigenvalue weighted by molar-refractivity contribution is -0.142. The molecule has 19 heavy (non-hydrogen) atoms. The van der Waals surface area contributed by atoms with Crippen LogP contribution in [0.3, 0.4) is 0 Å². The molecule has 0 saturated carbocycles. The second kappa shape index (κ2) is 6.38. The van der Waals surface area contributed by atoms with Crippen molar-refractivity contribution in [2.45, 2.75) is 19.3 Å². The Hall–Kier alpha value is -1.81. The SMILES string of the molecule is CCC(C(=O)OC)c1ccc(N2CC=CCO2)cc1. The minimum Gasteiger partial charge on any atom is -0.469 e. The fourth-order valence-electron chi connectivity index (χ4n) is 2.16. The first-order valence-corrected chi connectivity index (χ1v) is 6.49. The van der Waals surface area contributed by atoms with Crippen LogP contribution < -0.4 is 5.06 Å². The van der Waals surface area contributed by atoms with Gasteiger partial charge in [0.1, 0.15) is 0 Å². The van der Waals surface area contributed by atoms with Crippen LogP contribution in [0.5, 0.6) is 0 Å². The highest BCUT2D eigenvalue weighted by molar-refractivity contribution is 5.78. The average Bonchev–Trinajstić information content (AvgIpc) is 2.49. The van der Waals surface area contributed by atoms with Crippen LogP contribution in [0.1, 0.15) is 24.8 Å². The van der Waals surface area contributed by atoms with Crippen molar-refractivity contribution in [2.24, 2.45) is 0 Å². The zero-order valence-corrected chi connectivity index (χ0v) is 11.3. The fourth-order valence-corrected chi connectivity index (χ4v) is 2.16. The molecule has 0 N–H and O–H groups in total. The molecule has 4 nitrogen and oxygen atoms in total. The van der Waals surface area contributed by atoms with Crippen molar-refractivity contribution in [3.63, 3.8) is 0 Å². The summed E-state index contributed by atoms with van der Waals surface area (Å²) in [6, 6.07) is 7.87. The molecule has 102 valence electrons. The molecule has 1 aromatic rings. The Balaban J connectivity index is 2.13. The average molecular weight is 261 g/mol. The van der Waals surface area contributed by atoms with Crippen LogP contribution in [0.4, 0.5) is 5.69 Å². The van der Waals surface area contributed by atoms with E-state index < -0.39 is 0 Å². The Morgan fingerprint density at radius 2 is 2.11 bits per heavy atom. The maximum absolute atomic E-state index is 11.7. The van der Waals surface area contributed by atoms with E-state index in [0.717, 1.165) is 24.2 Å². The molecule has 1 aliphatic heterocycles. The van der Waals surface area contributed by atoms with E-state index in [-0.39, 0.29) is 11.9 Å². The van der Waals surface area contributed by atoms with E-state index in [1.807, 2.05) is 42.3 Å². The number of carbonyl (C=O) groups is 1. The largest absolute Gasteiger partial charge is 0.469 e. The predicted molar refractivity (Wildman–Crippen MR) is 73.9 cm³/mol. The van der Waals surface area contributed by atoms with E-state index in [9.17, 15) is 4.79 Å². The summed E-state index contributed by atoms with van der Waals surface area (Å²) in [6.07, 6.45) is 4.80. The summed E-state index contributed by atoms with van der Waals surface area (Å²) in [4.78, 5) is 17.2. The highest BCUT2D eigenvalue weighted by atomic mass is 16.7. The molecule has 1 heterocycles. The standard InChI is InChI=1S/C15H19NO3/c1-3-14(15(17)18-2)12-6-8-13(9-7-12)16-10-4-5-11-19-16/h4-9,14H,3,10-11H2,1-2H3. The van der Waals surface area contributed by atoms with Crippen molar-refractivity contribution >= 4 is 11.7 Å². The van der Waals surface area contributed by atoms with Gasteiger partial charge in [-0.15, -0.1) is 0 Å². The molecule has 1 unspecified atom stereocenters. The first kappa shape index (κ1) is 13.6. The van der Waals surface area contributed by atoms with Crippen molar-refractivity contribution < 1.29 is 14.4 Å². The summed E-state index contributed by atoms with van der Waals surface area (Å²) in [5, 5.41) is 1.84. The molecule has 0 radical (unpaired) electrons. The third-order valence-electron chi connectivity index (χ3n) is 3.24. The van der Waals surface area contributed by atoms with Crippen molar-refractivity contribution in [3.05, 3.63) is 42.0 Å². The molecule has 1 aromatic carbocycles. The number of carbonyl (C=O) groups excluding carboxylic acids is 1. The highest BCUT2D eigenvalue weighted by Gasteiger charge is 2.19. The number of rotatable bonds is 4. The molecule has 1 aliphatic rings. The Morgan fingerprint density at radius 3 is 2.63 bits per heavy atom. The van der Waals surface area contributed by atoms with E-state index in [0.29, 0.717) is 6.61 Å². The summed E-state index contributed by atoms with van der Waals surface area (Å²) in [6.45, 7) is 3.32. The van der Waals surface area contributed by atoms with Gasteiger partial charge in [0, 0.05) is 0 Å². The number of hydroxylamine groups is 1. The minimum absolute atomic E-state index is 0.188. The van der Waals surface area contributed by atoms with Gasteiger partial charge in [-0.3, -0.25) is 14.7 Å². The molecule has 0 saturated heterocycles. The third-order valence-corrected chi connectivity index (χ3v) is 3.24. The topological polar surface area (TPSA) is 38.8 Å². The van der Waals surface area contributed by atoms with Gasteiger partial charge in [0.15, 0.2) is 0 Å². The lowest BCUT2D eigenvalue weighted by atomic mass is 9.96. The molecule has 0 aliphatic carbocycles. The summed E-state index contributed by atoms with van der Waals surface area (Å²) >= 11 is 0. The van der Waals surface area contributed by atoms with Crippen LogP contribution in [0, 0.1) is 0 Å². The van der Waals surface area contributed by atoms with Gasteiger partial charge in [-0.1, -0.05) is 31.2 Å². The van der Waals surface area contributed by atoms with E-state index >= 15 is 0 Å². The maximum atomic E-state index is 11.7. The van der Waals surface area contributed by atoms with Crippen LogP contribution in [0.2, 0.25) is 0 Å². The van der Waals surface area contributed by atoms with Gasteiger partial charge in [-0.25, -0.2) is 0 Å². The molecular formula is C15H19NO3. The van der Waals surface area contributed by atoms with Crippen LogP contribution in [0.15, 0.2) is 36.4 Å². The molecule has 4 heteroatoms. The fraction of sp³-hybridized carbons (Fsp3) is 0.400. The second-order valence-corrected chi connectivity index (χ2v) is 4.40. The maximum Gasteiger partial charge on any atom is 0.313 e. The molecule has 0 aromatic heterocycles. The number of anilines is 1. The minimum atomic E-state index is -0.193. The lowest BCUT2D eigenvalue weighted by Gasteiger charge is -2.25. The first-order valence-electron chi connectivity index (χ1n) is 6.49. The van der Waals surface area contributed by atoms with Crippen LogP contribution in [0.25, 0.3) is 0 Å². The van der Waals surface area contributed by atoms with Gasteiger partial charge >= 0.3 is 5.97 Å². The van der Waals surface area contributed by atoms with Gasteiger partial charge < -0.3 is 4.74 Å². The first-order chi connectivity index (χ1) is 9.26. The van der Waals surface area contributed by atoms with Gasteiger partial charge in [0.25, 0.3) is 0 Å². The number of methoxy groups -OCH3 is 1. The molecule has 0 bridgehead atoms. The quantitative estimate of drug-likeness (QED) is 0.617. The molecule has 1 atom stereocenters.